The number of carbonyl (C=O) groups excluding carboxylic acids is 1. The number of imidazole rings is 1. The number of piperidine rings is 1. The summed E-state index contributed by atoms with van der Waals surface area (Å²) in [5.74, 6) is 0.653. The maximum Gasteiger partial charge on any atom is 0.265 e. The lowest BCUT2D eigenvalue weighted by Gasteiger charge is -2.34. The van der Waals surface area contributed by atoms with Gasteiger partial charge in [-0.3, -0.25) is 4.79 Å². The average Bonchev–Trinajstić information content (AvgIpc) is 3.23. The molecule has 2 unspecified atom stereocenters. The topological polar surface area (TPSA) is 83.3 Å². The van der Waals surface area contributed by atoms with Gasteiger partial charge in [0.05, 0.1) is 6.20 Å². The molecule has 1 aliphatic heterocycles. The van der Waals surface area contributed by atoms with Gasteiger partial charge in [0.25, 0.3) is 5.91 Å². The lowest BCUT2D eigenvalue weighted by Crippen LogP contribution is -2.41. The van der Waals surface area contributed by atoms with Crippen LogP contribution in [0, 0.1) is 5.92 Å². The summed E-state index contributed by atoms with van der Waals surface area (Å²) in [6.45, 7) is 4.04. The number of aliphatic hydroxyl groups excluding tert-OH is 1. The summed E-state index contributed by atoms with van der Waals surface area (Å²) in [4.78, 5) is 23.6. The zero-order chi connectivity index (χ0) is 17.1. The van der Waals surface area contributed by atoms with Gasteiger partial charge in [0.2, 0.25) is 0 Å². The van der Waals surface area contributed by atoms with Crippen LogP contribution in [0.4, 0.5) is 5.13 Å². The normalized spacial score (nSPS) is 19.3. The maximum atomic E-state index is 12.7. The van der Waals surface area contributed by atoms with Crippen LogP contribution in [0.5, 0.6) is 0 Å². The van der Waals surface area contributed by atoms with Gasteiger partial charge >= 0.3 is 0 Å². The Kier molecular flexibility index (Phi) is 5.15. The van der Waals surface area contributed by atoms with E-state index in [0.29, 0.717) is 17.2 Å². The van der Waals surface area contributed by atoms with Crippen molar-refractivity contribution in [2.45, 2.75) is 25.9 Å². The van der Waals surface area contributed by atoms with Crippen LogP contribution in [-0.2, 0) is 7.05 Å². The van der Waals surface area contributed by atoms with E-state index in [0.717, 1.165) is 31.1 Å². The standard InChI is InChI=1S/C16H23N5O2S/c1-3-17-16-19-9-12(24-16)15(23)21-7-4-5-11(10-21)13(22)14-18-6-8-20(14)2/h6,8-9,11,13,22H,3-5,7,10H2,1-2H3,(H,17,19). The van der Waals surface area contributed by atoms with Crippen LogP contribution in [-0.4, -0.2) is 50.1 Å². The molecule has 3 heterocycles. The van der Waals surface area contributed by atoms with Crippen molar-refractivity contribution in [1.29, 1.82) is 0 Å². The molecule has 2 N–H and O–H groups in total. The van der Waals surface area contributed by atoms with E-state index in [1.807, 2.05) is 29.6 Å². The van der Waals surface area contributed by atoms with Crippen molar-refractivity contribution in [2.24, 2.45) is 13.0 Å². The number of aliphatic hydroxyl groups is 1. The molecule has 0 radical (unpaired) electrons. The second-order valence-electron chi connectivity index (χ2n) is 6.05. The van der Waals surface area contributed by atoms with Crippen molar-refractivity contribution in [3.63, 3.8) is 0 Å². The fraction of sp³-hybridized carbons (Fsp3) is 0.562. The van der Waals surface area contributed by atoms with Gasteiger partial charge in [-0.2, -0.15) is 0 Å². The molecule has 2 atom stereocenters. The van der Waals surface area contributed by atoms with Crippen molar-refractivity contribution in [2.75, 3.05) is 25.0 Å². The highest BCUT2D eigenvalue weighted by atomic mass is 32.1. The van der Waals surface area contributed by atoms with Crippen LogP contribution in [0.25, 0.3) is 0 Å². The van der Waals surface area contributed by atoms with E-state index in [4.69, 9.17) is 0 Å². The molecule has 1 fully saturated rings. The first kappa shape index (κ1) is 16.9. The quantitative estimate of drug-likeness (QED) is 0.861. The number of carbonyl (C=O) groups is 1. The van der Waals surface area contributed by atoms with Crippen LogP contribution in [0.2, 0.25) is 0 Å². The highest BCUT2D eigenvalue weighted by Crippen LogP contribution is 2.30. The van der Waals surface area contributed by atoms with Crippen molar-refractivity contribution < 1.29 is 9.90 Å². The lowest BCUT2D eigenvalue weighted by atomic mass is 9.92. The Morgan fingerprint density at radius 2 is 2.38 bits per heavy atom. The third kappa shape index (κ3) is 3.44. The molecule has 0 aliphatic carbocycles. The van der Waals surface area contributed by atoms with Gasteiger partial charge in [0.15, 0.2) is 5.13 Å². The maximum absolute atomic E-state index is 12.7. The van der Waals surface area contributed by atoms with Crippen LogP contribution < -0.4 is 5.32 Å². The average molecular weight is 349 g/mol. The second kappa shape index (κ2) is 7.31. The summed E-state index contributed by atoms with van der Waals surface area (Å²) in [5, 5.41) is 14.5. The Morgan fingerprint density at radius 3 is 3.08 bits per heavy atom. The first-order valence-corrected chi connectivity index (χ1v) is 9.06. The van der Waals surface area contributed by atoms with E-state index in [9.17, 15) is 9.90 Å². The minimum Gasteiger partial charge on any atom is -0.385 e. The number of likely N-dealkylation sites (tertiary alicyclic amines) is 1. The number of hydrogen-bond acceptors (Lipinski definition) is 6. The first-order valence-electron chi connectivity index (χ1n) is 8.24. The molecule has 130 valence electrons. The highest BCUT2D eigenvalue weighted by molar-refractivity contribution is 7.17. The number of anilines is 1. The molecule has 0 aromatic carbocycles. The molecule has 24 heavy (non-hydrogen) atoms. The van der Waals surface area contributed by atoms with Gasteiger partial charge in [-0.05, 0) is 19.8 Å². The number of nitrogens with one attached hydrogen (secondary N) is 1. The van der Waals surface area contributed by atoms with E-state index in [1.165, 1.54) is 11.3 Å². The van der Waals surface area contributed by atoms with Crippen LogP contribution in [0.1, 0.15) is 41.4 Å². The second-order valence-corrected chi connectivity index (χ2v) is 7.09. The van der Waals surface area contributed by atoms with Crippen molar-refractivity contribution >= 4 is 22.4 Å². The van der Waals surface area contributed by atoms with E-state index in [-0.39, 0.29) is 11.8 Å². The molecule has 2 aromatic heterocycles. The summed E-state index contributed by atoms with van der Waals surface area (Å²) in [5.41, 5.74) is 0. The number of aromatic nitrogens is 3. The zero-order valence-electron chi connectivity index (χ0n) is 14.0. The summed E-state index contributed by atoms with van der Waals surface area (Å²) in [6, 6.07) is 0. The predicted molar refractivity (Wildman–Crippen MR) is 93.1 cm³/mol. The summed E-state index contributed by atoms with van der Waals surface area (Å²) in [7, 11) is 1.87. The van der Waals surface area contributed by atoms with Gasteiger partial charge < -0.3 is 19.9 Å². The number of aryl methyl sites for hydroxylation is 1. The molecule has 1 saturated heterocycles. The lowest BCUT2D eigenvalue weighted by molar-refractivity contribution is 0.0361. The molecular weight excluding hydrogens is 326 g/mol. The number of rotatable bonds is 5. The molecule has 1 aliphatic rings. The predicted octanol–water partition coefficient (Wildman–Crippen LogP) is 1.89. The van der Waals surface area contributed by atoms with Crippen molar-refractivity contribution in [3.05, 3.63) is 29.3 Å². The number of hydrogen-bond donors (Lipinski definition) is 2. The molecule has 0 spiro atoms. The zero-order valence-corrected chi connectivity index (χ0v) is 14.8. The first-order chi connectivity index (χ1) is 11.6. The SMILES string of the molecule is CCNc1ncc(C(=O)N2CCCC(C(O)c3nccn3C)C2)s1. The van der Waals surface area contributed by atoms with E-state index < -0.39 is 6.10 Å². The van der Waals surface area contributed by atoms with E-state index >= 15 is 0 Å². The number of thiazole rings is 1. The van der Waals surface area contributed by atoms with Crippen LogP contribution in [0.3, 0.4) is 0 Å². The van der Waals surface area contributed by atoms with Gasteiger partial charge in [0, 0.05) is 45.0 Å². The smallest absolute Gasteiger partial charge is 0.265 e. The third-order valence-electron chi connectivity index (χ3n) is 4.36. The molecule has 3 rings (SSSR count). The van der Waals surface area contributed by atoms with Crippen molar-refractivity contribution in [3.8, 4) is 0 Å². The summed E-state index contributed by atoms with van der Waals surface area (Å²) < 4.78 is 1.83. The van der Waals surface area contributed by atoms with E-state index in [2.05, 4.69) is 15.3 Å². The van der Waals surface area contributed by atoms with E-state index in [1.54, 1.807) is 12.4 Å². The van der Waals surface area contributed by atoms with Crippen LogP contribution in [0.15, 0.2) is 18.6 Å². The molecule has 1 amide bonds. The number of amides is 1. The van der Waals surface area contributed by atoms with Gasteiger partial charge in [0.1, 0.15) is 16.8 Å². The summed E-state index contributed by atoms with van der Waals surface area (Å²) in [6.07, 6.45) is 6.26. The Balaban J connectivity index is 1.68. The van der Waals surface area contributed by atoms with Gasteiger partial charge in [-0.15, -0.1) is 0 Å². The van der Waals surface area contributed by atoms with Crippen molar-refractivity contribution in [1.82, 2.24) is 19.4 Å². The van der Waals surface area contributed by atoms with Gasteiger partial charge in [-0.1, -0.05) is 11.3 Å². The molecule has 2 aromatic rings. The third-order valence-corrected chi connectivity index (χ3v) is 5.30. The molecule has 7 nitrogen and oxygen atoms in total. The van der Waals surface area contributed by atoms with Gasteiger partial charge in [-0.25, -0.2) is 9.97 Å². The minimum atomic E-state index is -0.653. The molecule has 0 bridgehead atoms. The monoisotopic (exact) mass is 349 g/mol. The largest absolute Gasteiger partial charge is 0.385 e. The highest BCUT2D eigenvalue weighted by Gasteiger charge is 2.32. The fourth-order valence-corrected chi connectivity index (χ4v) is 3.94. The number of nitrogens with zero attached hydrogens (tertiary/aromatic N) is 4. The minimum absolute atomic E-state index is 0.00459. The summed E-state index contributed by atoms with van der Waals surface area (Å²) >= 11 is 1.38. The molecule has 0 saturated carbocycles. The Hall–Kier alpha value is -1.93. The fourth-order valence-electron chi connectivity index (χ4n) is 3.09. The molecular formula is C16H23N5O2S. The Morgan fingerprint density at radius 1 is 1.54 bits per heavy atom. The Labute approximate surface area is 145 Å². The van der Waals surface area contributed by atoms with Crippen LogP contribution >= 0.6 is 11.3 Å². The molecule has 8 heteroatoms. The Bertz CT molecular complexity index is 698.